The van der Waals surface area contributed by atoms with Crippen LogP contribution in [0.5, 0.6) is 0 Å². The maximum Gasteiger partial charge on any atom is 0.307 e. The van der Waals surface area contributed by atoms with Gasteiger partial charge in [0.2, 0.25) is 5.91 Å². The fourth-order valence-electron chi connectivity index (χ4n) is 4.22. The summed E-state index contributed by atoms with van der Waals surface area (Å²) in [6, 6.07) is 0. The van der Waals surface area contributed by atoms with Crippen LogP contribution < -0.4 is 0 Å². The lowest BCUT2D eigenvalue weighted by Crippen LogP contribution is -2.40. The number of hydrogen-bond donors (Lipinski definition) is 1. The minimum Gasteiger partial charge on any atom is -0.481 e. The third kappa shape index (κ3) is 2.70. The Labute approximate surface area is 120 Å². The molecule has 1 unspecified atom stereocenters. The van der Waals surface area contributed by atoms with E-state index in [1.54, 1.807) is 0 Å². The lowest BCUT2D eigenvalue weighted by atomic mass is 9.86. The van der Waals surface area contributed by atoms with E-state index in [9.17, 15) is 9.59 Å². The molecule has 0 radical (unpaired) electrons. The van der Waals surface area contributed by atoms with Gasteiger partial charge in [-0.25, -0.2) is 0 Å². The number of likely N-dealkylation sites (tertiary alicyclic amines) is 1. The van der Waals surface area contributed by atoms with Gasteiger partial charge in [-0.2, -0.15) is 0 Å². The highest BCUT2D eigenvalue weighted by molar-refractivity contribution is 5.77. The van der Waals surface area contributed by atoms with Crippen LogP contribution in [-0.2, 0) is 9.59 Å². The van der Waals surface area contributed by atoms with Gasteiger partial charge >= 0.3 is 5.97 Å². The molecule has 112 valence electrons. The van der Waals surface area contributed by atoms with Crippen LogP contribution in [0, 0.1) is 17.3 Å². The van der Waals surface area contributed by atoms with Crippen LogP contribution in [0.1, 0.15) is 57.8 Å². The van der Waals surface area contributed by atoms with Gasteiger partial charge in [0.25, 0.3) is 0 Å². The zero-order chi connectivity index (χ0) is 14.2. The van der Waals surface area contributed by atoms with Crippen molar-refractivity contribution in [1.29, 1.82) is 0 Å². The second kappa shape index (κ2) is 5.38. The van der Waals surface area contributed by atoms with Crippen LogP contribution in [0.25, 0.3) is 0 Å². The Balaban J connectivity index is 1.46. The van der Waals surface area contributed by atoms with Gasteiger partial charge < -0.3 is 10.0 Å². The van der Waals surface area contributed by atoms with Crippen molar-refractivity contribution in [3.8, 4) is 0 Å². The van der Waals surface area contributed by atoms with Gasteiger partial charge in [0.15, 0.2) is 0 Å². The zero-order valence-electron chi connectivity index (χ0n) is 12.1. The molecule has 1 spiro atoms. The van der Waals surface area contributed by atoms with Gasteiger partial charge in [-0.15, -0.1) is 0 Å². The molecule has 0 aromatic rings. The second-order valence-electron chi connectivity index (χ2n) is 7.05. The molecule has 0 bridgehead atoms. The molecule has 1 atom stereocenters. The summed E-state index contributed by atoms with van der Waals surface area (Å²) in [4.78, 5) is 25.3. The molecule has 4 heteroatoms. The Morgan fingerprint density at radius 2 is 1.75 bits per heavy atom. The molecule has 20 heavy (non-hydrogen) atoms. The molecule has 1 N–H and O–H groups in total. The van der Waals surface area contributed by atoms with E-state index >= 15 is 0 Å². The number of piperidine rings is 1. The fourth-order valence-corrected chi connectivity index (χ4v) is 4.22. The van der Waals surface area contributed by atoms with Crippen LogP contribution >= 0.6 is 0 Å². The number of carbonyl (C=O) groups is 2. The predicted molar refractivity (Wildman–Crippen MR) is 75.2 cm³/mol. The first-order chi connectivity index (χ1) is 9.61. The highest BCUT2D eigenvalue weighted by atomic mass is 16.4. The van der Waals surface area contributed by atoms with Gasteiger partial charge in [-0.05, 0) is 43.4 Å². The average molecular weight is 279 g/mol. The maximum absolute atomic E-state index is 12.3. The minimum atomic E-state index is -0.646. The largest absolute Gasteiger partial charge is 0.481 e. The highest BCUT2D eigenvalue weighted by Crippen LogP contribution is 2.59. The van der Waals surface area contributed by atoms with E-state index in [-0.39, 0.29) is 11.3 Å². The Morgan fingerprint density at radius 3 is 2.30 bits per heavy atom. The Kier molecular flexibility index (Phi) is 3.74. The van der Waals surface area contributed by atoms with E-state index < -0.39 is 5.97 Å². The fraction of sp³-hybridized carbons (Fsp3) is 0.875. The standard InChI is InChI=1S/C16H25NO3/c18-14(10-12-4-2-1-3-5-12)17-8-6-16(7-9-17)11-13(16)15(19)20/h12-13H,1-11H2,(H,19,20). The molecule has 1 aliphatic heterocycles. The summed E-state index contributed by atoms with van der Waals surface area (Å²) < 4.78 is 0. The Morgan fingerprint density at radius 1 is 1.10 bits per heavy atom. The number of amides is 1. The molecule has 0 aromatic carbocycles. The number of hydrogen-bond acceptors (Lipinski definition) is 2. The predicted octanol–water partition coefficient (Wildman–Crippen LogP) is 2.67. The van der Waals surface area contributed by atoms with Crippen LogP contribution in [0.15, 0.2) is 0 Å². The van der Waals surface area contributed by atoms with Gasteiger partial charge in [0.05, 0.1) is 5.92 Å². The summed E-state index contributed by atoms with van der Waals surface area (Å²) in [5.41, 5.74) is 0.0352. The molecule has 4 nitrogen and oxygen atoms in total. The van der Waals surface area contributed by atoms with Crippen molar-refractivity contribution >= 4 is 11.9 Å². The quantitative estimate of drug-likeness (QED) is 0.864. The zero-order valence-corrected chi connectivity index (χ0v) is 12.1. The van der Waals surface area contributed by atoms with Crippen molar-refractivity contribution in [2.75, 3.05) is 13.1 Å². The minimum absolute atomic E-state index is 0.0352. The monoisotopic (exact) mass is 279 g/mol. The van der Waals surface area contributed by atoms with E-state index in [1.165, 1.54) is 32.1 Å². The topological polar surface area (TPSA) is 57.6 Å². The summed E-state index contributed by atoms with van der Waals surface area (Å²) in [5.74, 6) is 0.115. The molecule has 3 fully saturated rings. The smallest absolute Gasteiger partial charge is 0.307 e. The number of carbonyl (C=O) groups excluding carboxylic acids is 1. The molecule has 0 aromatic heterocycles. The summed E-state index contributed by atoms with van der Waals surface area (Å²) in [6.07, 6.45) is 9.63. The van der Waals surface area contributed by atoms with Crippen LogP contribution in [-0.4, -0.2) is 35.0 Å². The first-order valence-corrected chi connectivity index (χ1v) is 8.11. The van der Waals surface area contributed by atoms with Gasteiger partial charge in [-0.1, -0.05) is 19.3 Å². The number of rotatable bonds is 3. The molecule has 1 heterocycles. The molecule has 1 amide bonds. The number of aliphatic carboxylic acids is 1. The van der Waals surface area contributed by atoms with Crippen LogP contribution in [0.2, 0.25) is 0 Å². The molecular formula is C16H25NO3. The molecular weight excluding hydrogens is 254 g/mol. The van der Waals surface area contributed by atoms with Gasteiger partial charge in [0.1, 0.15) is 0 Å². The molecule has 2 aliphatic carbocycles. The van der Waals surface area contributed by atoms with Crippen LogP contribution in [0.3, 0.4) is 0 Å². The highest BCUT2D eigenvalue weighted by Gasteiger charge is 2.59. The first kappa shape index (κ1) is 13.9. The summed E-state index contributed by atoms with van der Waals surface area (Å²) >= 11 is 0. The average Bonchev–Trinajstić information content (AvgIpc) is 3.15. The first-order valence-electron chi connectivity index (χ1n) is 8.11. The van der Waals surface area contributed by atoms with E-state index in [0.717, 1.165) is 38.8 Å². The molecule has 2 saturated carbocycles. The summed E-state index contributed by atoms with van der Waals surface area (Å²) in [5, 5.41) is 9.08. The lowest BCUT2D eigenvalue weighted by Gasteiger charge is -2.34. The third-order valence-electron chi connectivity index (χ3n) is 5.79. The van der Waals surface area contributed by atoms with E-state index in [4.69, 9.17) is 5.11 Å². The maximum atomic E-state index is 12.3. The van der Waals surface area contributed by atoms with Gasteiger partial charge in [-0.3, -0.25) is 9.59 Å². The van der Waals surface area contributed by atoms with Crippen molar-refractivity contribution < 1.29 is 14.7 Å². The Bertz CT molecular complexity index is 393. The SMILES string of the molecule is O=C(O)C1CC12CCN(C(=O)CC1CCCCC1)CC2. The normalized spacial score (nSPS) is 29.4. The lowest BCUT2D eigenvalue weighted by molar-refractivity contribution is -0.140. The van der Waals surface area contributed by atoms with E-state index in [2.05, 4.69) is 0 Å². The van der Waals surface area contributed by atoms with E-state index in [1.807, 2.05) is 4.90 Å². The van der Waals surface area contributed by atoms with Crippen LogP contribution in [0.4, 0.5) is 0 Å². The van der Waals surface area contributed by atoms with Crippen molar-refractivity contribution in [3.63, 3.8) is 0 Å². The van der Waals surface area contributed by atoms with Gasteiger partial charge in [0, 0.05) is 19.5 Å². The summed E-state index contributed by atoms with van der Waals surface area (Å²) in [7, 11) is 0. The Hall–Kier alpha value is -1.06. The van der Waals surface area contributed by atoms with Crippen molar-refractivity contribution in [2.24, 2.45) is 17.3 Å². The van der Waals surface area contributed by atoms with Crippen molar-refractivity contribution in [3.05, 3.63) is 0 Å². The number of carboxylic acid groups (broad SMARTS) is 1. The van der Waals surface area contributed by atoms with E-state index in [0.29, 0.717) is 11.8 Å². The number of carboxylic acids is 1. The second-order valence-corrected chi connectivity index (χ2v) is 7.05. The molecule has 3 aliphatic rings. The number of nitrogens with zero attached hydrogens (tertiary/aromatic N) is 1. The molecule has 1 saturated heterocycles. The summed E-state index contributed by atoms with van der Waals surface area (Å²) in [6.45, 7) is 1.55. The molecule has 3 rings (SSSR count). The third-order valence-corrected chi connectivity index (χ3v) is 5.79. The van der Waals surface area contributed by atoms with Crippen molar-refractivity contribution in [1.82, 2.24) is 4.90 Å². The van der Waals surface area contributed by atoms with Crippen molar-refractivity contribution in [2.45, 2.75) is 57.8 Å².